The molecule has 0 aliphatic heterocycles. The van der Waals surface area contributed by atoms with E-state index in [9.17, 15) is 35.6 Å². The minimum Gasteiger partial charge on any atom is -0.494 e. The van der Waals surface area contributed by atoms with Crippen LogP contribution in [0.1, 0.15) is 36.8 Å². The molecule has 0 radical (unpaired) electrons. The van der Waals surface area contributed by atoms with Crippen molar-refractivity contribution in [3.63, 3.8) is 0 Å². The average Bonchev–Trinajstić information content (AvgIpc) is 3.06. The molecule has 9 nitrogen and oxygen atoms in total. The van der Waals surface area contributed by atoms with Crippen molar-refractivity contribution < 1.29 is 35.5 Å². The summed E-state index contributed by atoms with van der Waals surface area (Å²) >= 11 is 0. The minimum atomic E-state index is -5.00. The van der Waals surface area contributed by atoms with Gasteiger partial charge in [-0.25, -0.2) is 22.8 Å². The fourth-order valence-electron chi connectivity index (χ4n) is 5.24. The zero-order valence-electron chi connectivity index (χ0n) is 25.8. The monoisotopic (exact) mass is 682 g/mol. The van der Waals surface area contributed by atoms with E-state index < -0.39 is 63.6 Å². The van der Waals surface area contributed by atoms with Crippen molar-refractivity contribution in [2.45, 2.75) is 37.4 Å². The van der Waals surface area contributed by atoms with Crippen LogP contribution in [0.15, 0.2) is 101 Å². The van der Waals surface area contributed by atoms with Gasteiger partial charge < -0.3 is 9.64 Å². The second kappa shape index (κ2) is 13.9. The van der Waals surface area contributed by atoms with Gasteiger partial charge >= 0.3 is 6.18 Å². The van der Waals surface area contributed by atoms with Gasteiger partial charge in [0.2, 0.25) is 5.91 Å². The highest BCUT2D eigenvalue weighted by molar-refractivity contribution is 7.91. The van der Waals surface area contributed by atoms with E-state index in [4.69, 9.17) is 4.74 Å². The first-order valence-corrected chi connectivity index (χ1v) is 16.5. The number of hydrogen-bond donors (Lipinski definition) is 0. The molecule has 0 fully saturated rings. The van der Waals surface area contributed by atoms with Crippen molar-refractivity contribution >= 4 is 26.8 Å². The number of nitrogens with zero attached hydrogens (tertiary/aromatic N) is 4. The standard InChI is InChI=1S/C34H30F4N4O5S/c1-3-47-25-14-12-24(13-15-25)42-32(40-31-27(33(42)44)10-7-17-39-31)22(2)41(18-19-48(45,46)26-8-5-4-6-9-26)30(43)21-23-11-16-29(35)28(20-23)34(36,37)38/h4-17,20,22H,3,18-19,21H2,1-2H3. The van der Waals surface area contributed by atoms with E-state index in [0.29, 0.717) is 30.2 Å². The van der Waals surface area contributed by atoms with E-state index >= 15 is 0 Å². The first-order valence-electron chi connectivity index (χ1n) is 14.8. The highest BCUT2D eigenvalue weighted by Gasteiger charge is 2.35. The van der Waals surface area contributed by atoms with Gasteiger partial charge in [0.1, 0.15) is 17.4 Å². The number of benzene rings is 3. The summed E-state index contributed by atoms with van der Waals surface area (Å²) in [5.41, 5.74) is -1.76. The second-order valence-corrected chi connectivity index (χ2v) is 12.9. The van der Waals surface area contributed by atoms with Gasteiger partial charge in [-0.1, -0.05) is 24.3 Å². The Morgan fingerprint density at radius 2 is 1.71 bits per heavy atom. The van der Waals surface area contributed by atoms with Crippen LogP contribution >= 0.6 is 0 Å². The lowest BCUT2D eigenvalue weighted by Gasteiger charge is -2.30. The third kappa shape index (κ3) is 7.38. The van der Waals surface area contributed by atoms with Crippen LogP contribution in [-0.4, -0.2) is 52.7 Å². The Bertz CT molecular complexity index is 2110. The maximum atomic E-state index is 14.0. The highest BCUT2D eigenvalue weighted by atomic mass is 32.2. The molecule has 0 saturated carbocycles. The fourth-order valence-corrected chi connectivity index (χ4v) is 6.48. The Hall–Kier alpha value is -5.11. The molecule has 2 heterocycles. The summed E-state index contributed by atoms with van der Waals surface area (Å²) in [4.78, 5) is 37.9. The molecule has 5 aromatic rings. The Morgan fingerprint density at radius 1 is 1.00 bits per heavy atom. The summed E-state index contributed by atoms with van der Waals surface area (Å²) in [7, 11) is -3.93. The summed E-state index contributed by atoms with van der Waals surface area (Å²) < 4.78 is 87.8. The molecular weight excluding hydrogens is 652 g/mol. The van der Waals surface area contributed by atoms with E-state index in [1.807, 2.05) is 6.92 Å². The maximum Gasteiger partial charge on any atom is 0.419 e. The van der Waals surface area contributed by atoms with Gasteiger partial charge in [-0.15, -0.1) is 0 Å². The number of sulfone groups is 1. The van der Waals surface area contributed by atoms with Crippen LogP contribution in [-0.2, 0) is 27.2 Å². The topological polar surface area (TPSA) is 111 Å². The number of hydrogen-bond acceptors (Lipinski definition) is 7. The van der Waals surface area contributed by atoms with Gasteiger partial charge in [0, 0.05) is 12.7 Å². The van der Waals surface area contributed by atoms with Crippen molar-refractivity contribution in [2.24, 2.45) is 0 Å². The fraction of sp³-hybridized carbons (Fsp3) is 0.235. The van der Waals surface area contributed by atoms with Crippen LogP contribution in [0, 0.1) is 5.82 Å². The Labute approximate surface area is 273 Å². The normalized spacial score (nSPS) is 12.5. The molecule has 250 valence electrons. The predicted octanol–water partition coefficient (Wildman–Crippen LogP) is 5.94. The van der Waals surface area contributed by atoms with E-state index in [2.05, 4.69) is 9.97 Å². The summed E-state index contributed by atoms with van der Waals surface area (Å²) in [6.07, 6.45) is -4.19. The lowest BCUT2D eigenvalue weighted by atomic mass is 10.1. The van der Waals surface area contributed by atoms with E-state index in [1.165, 1.54) is 29.8 Å². The molecule has 0 bridgehead atoms. The first kappa shape index (κ1) is 34.2. The maximum absolute atomic E-state index is 14.0. The smallest absolute Gasteiger partial charge is 0.419 e. The molecule has 48 heavy (non-hydrogen) atoms. The van der Waals surface area contributed by atoms with Crippen molar-refractivity contribution in [3.8, 4) is 11.4 Å². The molecule has 0 aliphatic carbocycles. The number of alkyl halides is 3. The molecule has 2 aromatic heterocycles. The molecular formula is C34H30F4N4O5S. The number of carbonyl (C=O) groups is 1. The third-order valence-corrected chi connectivity index (χ3v) is 9.34. The quantitative estimate of drug-likeness (QED) is 0.159. The minimum absolute atomic E-state index is 0.0118. The van der Waals surface area contributed by atoms with Crippen LogP contribution in [0.4, 0.5) is 17.6 Å². The molecule has 1 atom stereocenters. The summed E-state index contributed by atoms with van der Waals surface area (Å²) in [5, 5.41) is 0.179. The highest BCUT2D eigenvalue weighted by Crippen LogP contribution is 2.32. The van der Waals surface area contributed by atoms with Crippen LogP contribution in [0.3, 0.4) is 0 Å². The molecule has 3 aromatic carbocycles. The zero-order chi connectivity index (χ0) is 34.6. The lowest BCUT2D eigenvalue weighted by Crippen LogP contribution is -2.41. The molecule has 0 spiro atoms. The van der Waals surface area contributed by atoms with Gasteiger partial charge in [-0.3, -0.25) is 14.2 Å². The number of ether oxygens (including phenoxy) is 1. The lowest BCUT2D eigenvalue weighted by molar-refractivity contribution is -0.140. The van der Waals surface area contributed by atoms with Gasteiger partial charge in [-0.05, 0) is 80.1 Å². The van der Waals surface area contributed by atoms with Crippen molar-refractivity contribution in [3.05, 3.63) is 124 Å². The number of amides is 1. The third-order valence-electron chi connectivity index (χ3n) is 7.63. The summed E-state index contributed by atoms with van der Waals surface area (Å²) in [6.45, 7) is 3.34. The van der Waals surface area contributed by atoms with Crippen LogP contribution < -0.4 is 10.3 Å². The van der Waals surface area contributed by atoms with Crippen molar-refractivity contribution in [2.75, 3.05) is 18.9 Å². The van der Waals surface area contributed by atoms with Gasteiger partial charge in [0.05, 0.1) is 46.4 Å². The van der Waals surface area contributed by atoms with Crippen LogP contribution in [0.5, 0.6) is 5.75 Å². The van der Waals surface area contributed by atoms with E-state index in [1.54, 1.807) is 54.6 Å². The largest absolute Gasteiger partial charge is 0.494 e. The van der Waals surface area contributed by atoms with Crippen molar-refractivity contribution in [1.82, 2.24) is 19.4 Å². The SMILES string of the molecule is CCOc1ccc(-n2c(C(C)N(CCS(=O)(=O)c3ccccc3)C(=O)Cc3ccc(F)c(C(F)(F)F)c3)nc3ncccc3c2=O)cc1. The Morgan fingerprint density at radius 3 is 2.38 bits per heavy atom. The number of carbonyl (C=O) groups excluding carboxylic acids is 1. The van der Waals surface area contributed by atoms with Gasteiger partial charge in [0.15, 0.2) is 15.5 Å². The molecule has 5 rings (SSSR count). The summed E-state index contributed by atoms with van der Waals surface area (Å²) in [6, 6.07) is 18.3. The van der Waals surface area contributed by atoms with Crippen LogP contribution in [0.25, 0.3) is 16.7 Å². The number of halogens is 4. The number of fused-ring (bicyclic) bond motifs is 1. The molecule has 0 aliphatic rings. The summed E-state index contributed by atoms with van der Waals surface area (Å²) in [5.74, 6) is -2.26. The Balaban J connectivity index is 1.61. The van der Waals surface area contributed by atoms with Gasteiger partial charge in [-0.2, -0.15) is 13.2 Å². The average molecular weight is 683 g/mol. The van der Waals surface area contributed by atoms with Crippen LogP contribution in [0.2, 0.25) is 0 Å². The molecule has 1 unspecified atom stereocenters. The predicted molar refractivity (Wildman–Crippen MR) is 170 cm³/mol. The number of pyridine rings is 1. The van der Waals surface area contributed by atoms with E-state index in [0.717, 1.165) is 11.0 Å². The number of aromatic nitrogens is 3. The zero-order valence-corrected chi connectivity index (χ0v) is 26.6. The van der Waals surface area contributed by atoms with Gasteiger partial charge in [0.25, 0.3) is 5.56 Å². The Kier molecular flexibility index (Phi) is 9.94. The van der Waals surface area contributed by atoms with E-state index in [-0.39, 0.29) is 27.3 Å². The molecule has 14 heteroatoms. The number of rotatable bonds is 11. The molecule has 0 N–H and O–H groups in total. The first-order chi connectivity index (χ1) is 22.8. The van der Waals surface area contributed by atoms with Crippen molar-refractivity contribution in [1.29, 1.82) is 0 Å². The molecule has 1 amide bonds. The second-order valence-electron chi connectivity index (χ2n) is 10.8. The molecule has 0 saturated heterocycles.